The lowest BCUT2D eigenvalue weighted by atomic mass is 10.0. The van der Waals surface area contributed by atoms with Crippen LogP contribution in [0.25, 0.3) is 0 Å². The molecule has 0 bridgehead atoms. The lowest BCUT2D eigenvalue weighted by molar-refractivity contribution is -0.0105. The molecule has 4 N–H and O–H groups in total. The minimum absolute atomic E-state index is 0.00756. The molecular formula is C15H25N3O2. The predicted octanol–water partition coefficient (Wildman–Crippen LogP) is 2.27. The van der Waals surface area contributed by atoms with Gasteiger partial charge in [-0.05, 0) is 26.3 Å². The Labute approximate surface area is 120 Å². The molecular weight excluding hydrogens is 254 g/mol. The third-order valence-corrected chi connectivity index (χ3v) is 3.05. The molecule has 0 radical (unpaired) electrons. The van der Waals surface area contributed by atoms with Crippen molar-refractivity contribution in [3.8, 4) is 0 Å². The maximum atomic E-state index is 8.75. The van der Waals surface area contributed by atoms with Crippen LogP contribution in [0.3, 0.4) is 0 Å². The first kappa shape index (κ1) is 16.5. The normalized spacial score (nSPS) is 14.2. The van der Waals surface area contributed by atoms with Gasteiger partial charge in [0, 0.05) is 25.6 Å². The molecule has 5 nitrogen and oxygen atoms in total. The highest BCUT2D eigenvalue weighted by Gasteiger charge is 2.21. The second-order valence-corrected chi connectivity index (χ2v) is 5.33. The van der Waals surface area contributed by atoms with E-state index in [0.717, 1.165) is 5.56 Å². The van der Waals surface area contributed by atoms with Crippen LogP contribution in [0, 0.1) is 0 Å². The first-order valence-corrected chi connectivity index (χ1v) is 6.87. The Morgan fingerprint density at radius 2 is 2.05 bits per heavy atom. The van der Waals surface area contributed by atoms with Crippen LogP contribution in [0.4, 0.5) is 0 Å². The zero-order valence-corrected chi connectivity index (χ0v) is 12.5. The van der Waals surface area contributed by atoms with Crippen LogP contribution in [-0.4, -0.2) is 29.8 Å². The highest BCUT2D eigenvalue weighted by atomic mass is 16.5. The van der Waals surface area contributed by atoms with E-state index >= 15 is 0 Å². The van der Waals surface area contributed by atoms with Gasteiger partial charge in [-0.2, -0.15) is 0 Å². The van der Waals surface area contributed by atoms with Gasteiger partial charge in [0.2, 0.25) is 0 Å². The predicted molar refractivity (Wildman–Crippen MR) is 80.9 cm³/mol. The summed E-state index contributed by atoms with van der Waals surface area (Å²) in [5.41, 5.74) is 6.48. The van der Waals surface area contributed by atoms with Crippen molar-refractivity contribution in [3.05, 3.63) is 35.9 Å². The number of nitrogens with zero attached hydrogens (tertiary/aromatic N) is 1. The zero-order chi connectivity index (χ0) is 15.0. The van der Waals surface area contributed by atoms with E-state index in [1.807, 2.05) is 51.1 Å². The van der Waals surface area contributed by atoms with Gasteiger partial charge in [0.25, 0.3) is 0 Å². The van der Waals surface area contributed by atoms with Crippen LogP contribution in [0.15, 0.2) is 35.5 Å². The molecule has 1 rings (SSSR count). The fourth-order valence-electron chi connectivity index (χ4n) is 2.05. The van der Waals surface area contributed by atoms with Gasteiger partial charge in [-0.1, -0.05) is 35.5 Å². The van der Waals surface area contributed by atoms with Crippen molar-refractivity contribution in [3.63, 3.8) is 0 Å². The molecule has 1 unspecified atom stereocenters. The third-order valence-electron chi connectivity index (χ3n) is 3.05. The van der Waals surface area contributed by atoms with Crippen molar-refractivity contribution < 1.29 is 9.94 Å². The number of oxime groups is 1. The lowest BCUT2D eigenvalue weighted by Gasteiger charge is -2.28. The molecule has 1 atom stereocenters. The molecule has 1 aromatic carbocycles. The van der Waals surface area contributed by atoms with Gasteiger partial charge >= 0.3 is 0 Å². The largest absolute Gasteiger partial charge is 0.409 e. The quantitative estimate of drug-likeness (QED) is 0.295. The summed E-state index contributed by atoms with van der Waals surface area (Å²) in [4.78, 5) is 0. The minimum atomic E-state index is -0.257. The third kappa shape index (κ3) is 5.59. The number of hydrogen-bond acceptors (Lipinski definition) is 4. The van der Waals surface area contributed by atoms with Crippen molar-refractivity contribution in [2.45, 2.75) is 38.8 Å². The molecule has 0 fully saturated rings. The molecule has 20 heavy (non-hydrogen) atoms. The van der Waals surface area contributed by atoms with Crippen molar-refractivity contribution >= 4 is 5.84 Å². The first-order chi connectivity index (χ1) is 9.48. The second-order valence-electron chi connectivity index (χ2n) is 5.33. The van der Waals surface area contributed by atoms with E-state index in [1.54, 1.807) is 0 Å². The molecule has 0 saturated carbocycles. The van der Waals surface area contributed by atoms with E-state index in [9.17, 15) is 0 Å². The van der Waals surface area contributed by atoms with Gasteiger partial charge < -0.3 is 21.0 Å². The number of rotatable bonds is 8. The van der Waals surface area contributed by atoms with Crippen LogP contribution in [0.1, 0.15) is 38.8 Å². The van der Waals surface area contributed by atoms with Gasteiger partial charge in [0.1, 0.15) is 5.84 Å². The molecule has 0 aliphatic rings. The molecule has 1 aromatic rings. The standard InChI is InChI=1S/C15H25N3O2/c1-4-20-15(2,3)11-17-13(10-14(16)18-19)12-8-6-5-7-9-12/h5-9,13,17,19H,4,10-11H2,1-3H3,(H2,16,18). The fourth-order valence-corrected chi connectivity index (χ4v) is 2.05. The lowest BCUT2D eigenvalue weighted by Crippen LogP contribution is -2.40. The number of ether oxygens (including phenoxy) is 1. The molecule has 5 heteroatoms. The molecule has 112 valence electrons. The molecule has 0 saturated heterocycles. The summed E-state index contributed by atoms with van der Waals surface area (Å²) in [6.07, 6.45) is 0.447. The highest BCUT2D eigenvalue weighted by molar-refractivity contribution is 5.80. The highest BCUT2D eigenvalue weighted by Crippen LogP contribution is 2.18. The van der Waals surface area contributed by atoms with E-state index in [2.05, 4.69) is 10.5 Å². The number of nitrogens with one attached hydrogen (secondary N) is 1. The topological polar surface area (TPSA) is 79.9 Å². The Morgan fingerprint density at radius 1 is 1.40 bits per heavy atom. The summed E-state index contributed by atoms with van der Waals surface area (Å²) in [5.74, 6) is 0.209. The van der Waals surface area contributed by atoms with E-state index in [0.29, 0.717) is 19.6 Å². The van der Waals surface area contributed by atoms with Crippen molar-refractivity contribution in [2.24, 2.45) is 10.9 Å². The molecule has 0 aromatic heterocycles. The van der Waals surface area contributed by atoms with Crippen LogP contribution < -0.4 is 11.1 Å². The maximum Gasteiger partial charge on any atom is 0.141 e. The van der Waals surface area contributed by atoms with Crippen LogP contribution in [-0.2, 0) is 4.74 Å². The Bertz CT molecular complexity index is 418. The van der Waals surface area contributed by atoms with Crippen molar-refractivity contribution in [2.75, 3.05) is 13.2 Å². The van der Waals surface area contributed by atoms with E-state index in [-0.39, 0.29) is 17.5 Å². The average molecular weight is 279 g/mol. The fraction of sp³-hybridized carbons (Fsp3) is 0.533. The van der Waals surface area contributed by atoms with Gasteiger partial charge in [-0.25, -0.2) is 0 Å². The van der Waals surface area contributed by atoms with E-state index < -0.39 is 0 Å². The summed E-state index contributed by atoms with van der Waals surface area (Å²) < 4.78 is 5.67. The molecule has 0 aliphatic carbocycles. The molecule has 0 spiro atoms. The van der Waals surface area contributed by atoms with Crippen LogP contribution in [0.2, 0.25) is 0 Å². The van der Waals surface area contributed by atoms with Crippen LogP contribution >= 0.6 is 0 Å². The Hall–Kier alpha value is -1.59. The second kappa shape index (κ2) is 7.87. The van der Waals surface area contributed by atoms with Gasteiger partial charge in [-0.3, -0.25) is 0 Å². The Balaban J connectivity index is 2.74. The van der Waals surface area contributed by atoms with E-state index in [1.165, 1.54) is 0 Å². The number of hydrogen-bond donors (Lipinski definition) is 3. The first-order valence-electron chi connectivity index (χ1n) is 6.87. The Kier molecular flexibility index (Phi) is 6.48. The molecule has 0 amide bonds. The minimum Gasteiger partial charge on any atom is -0.409 e. The summed E-state index contributed by atoms with van der Waals surface area (Å²) in [6.45, 7) is 7.40. The number of amidine groups is 1. The molecule has 0 heterocycles. The SMILES string of the molecule is CCOC(C)(C)CNC(C/C(N)=N/O)c1ccccc1. The van der Waals surface area contributed by atoms with Crippen LogP contribution in [0.5, 0.6) is 0 Å². The monoisotopic (exact) mass is 279 g/mol. The summed E-state index contributed by atoms with van der Waals surface area (Å²) in [7, 11) is 0. The zero-order valence-electron chi connectivity index (χ0n) is 12.5. The number of nitrogens with two attached hydrogens (primary N) is 1. The Morgan fingerprint density at radius 3 is 2.60 bits per heavy atom. The molecule has 0 aliphatic heterocycles. The smallest absolute Gasteiger partial charge is 0.141 e. The maximum absolute atomic E-state index is 8.75. The van der Waals surface area contributed by atoms with Crippen molar-refractivity contribution in [1.29, 1.82) is 0 Å². The average Bonchev–Trinajstić information content (AvgIpc) is 2.44. The van der Waals surface area contributed by atoms with E-state index in [4.69, 9.17) is 15.7 Å². The van der Waals surface area contributed by atoms with Gasteiger partial charge in [0.05, 0.1) is 5.60 Å². The van der Waals surface area contributed by atoms with Crippen molar-refractivity contribution in [1.82, 2.24) is 5.32 Å². The number of benzene rings is 1. The van der Waals surface area contributed by atoms with Gasteiger partial charge in [-0.15, -0.1) is 0 Å². The summed E-state index contributed by atoms with van der Waals surface area (Å²) in [5, 5.41) is 15.2. The summed E-state index contributed by atoms with van der Waals surface area (Å²) >= 11 is 0. The summed E-state index contributed by atoms with van der Waals surface area (Å²) in [6, 6.07) is 9.96. The van der Waals surface area contributed by atoms with Gasteiger partial charge in [0.15, 0.2) is 0 Å².